The predicted molar refractivity (Wildman–Crippen MR) is 69.3 cm³/mol. The van der Waals surface area contributed by atoms with Crippen LogP contribution in [0.15, 0.2) is 28.9 Å². The molecule has 0 saturated heterocycles. The summed E-state index contributed by atoms with van der Waals surface area (Å²) in [6.07, 6.45) is 0. The second kappa shape index (κ2) is 5.30. The molecule has 18 heavy (non-hydrogen) atoms. The first-order valence-electron chi connectivity index (χ1n) is 5.34. The van der Waals surface area contributed by atoms with E-state index in [-0.39, 0.29) is 5.69 Å². The third-order valence-electron chi connectivity index (χ3n) is 2.51. The summed E-state index contributed by atoms with van der Waals surface area (Å²) in [5.41, 5.74) is 2.47. The van der Waals surface area contributed by atoms with Crippen LogP contribution in [0.2, 0.25) is 0 Å². The molecule has 6 heteroatoms. The van der Waals surface area contributed by atoms with E-state index in [0.29, 0.717) is 11.1 Å². The molecule has 0 N–H and O–H groups in total. The molecule has 0 aliphatic carbocycles. The number of aromatic nitrogens is 3. The molecule has 0 fully saturated rings. The average molecular weight is 310 g/mol. The Bertz CT molecular complexity index is 563. The lowest BCUT2D eigenvalue weighted by Crippen LogP contribution is -2.04. The zero-order chi connectivity index (χ0) is 13.1. The van der Waals surface area contributed by atoms with Gasteiger partial charge in [-0.3, -0.25) is 0 Å². The summed E-state index contributed by atoms with van der Waals surface area (Å²) < 4.78 is 6.74. The standard InChI is InChI=1S/C12H12BrN3O2/c1-8-3-5-9(6-4-8)7-16-11(13)10(14-15-16)12(17)18-2/h3-6H,7H2,1-2H3. The van der Waals surface area contributed by atoms with Gasteiger partial charge in [0.1, 0.15) is 4.60 Å². The number of halogens is 1. The van der Waals surface area contributed by atoms with E-state index in [9.17, 15) is 4.79 Å². The van der Waals surface area contributed by atoms with Gasteiger partial charge >= 0.3 is 5.97 Å². The molecule has 5 nitrogen and oxygen atoms in total. The summed E-state index contributed by atoms with van der Waals surface area (Å²) in [5.74, 6) is -0.503. The van der Waals surface area contributed by atoms with Crippen LogP contribution in [0.25, 0.3) is 0 Å². The zero-order valence-electron chi connectivity index (χ0n) is 10.1. The summed E-state index contributed by atoms with van der Waals surface area (Å²) in [5, 5.41) is 7.71. The number of aryl methyl sites for hydroxylation is 1. The normalized spacial score (nSPS) is 10.4. The van der Waals surface area contributed by atoms with Gasteiger partial charge in [0.2, 0.25) is 5.69 Å². The van der Waals surface area contributed by atoms with Crippen molar-refractivity contribution in [3.63, 3.8) is 0 Å². The van der Waals surface area contributed by atoms with Crippen LogP contribution in [0.1, 0.15) is 21.6 Å². The van der Waals surface area contributed by atoms with Crippen LogP contribution in [0.3, 0.4) is 0 Å². The van der Waals surface area contributed by atoms with Crippen molar-refractivity contribution in [3.05, 3.63) is 45.7 Å². The first kappa shape index (κ1) is 12.8. The molecule has 0 aliphatic rings. The predicted octanol–water partition coefficient (Wildman–Crippen LogP) is 2.18. The number of carbonyl (C=O) groups is 1. The molecule has 0 bridgehead atoms. The fraction of sp³-hybridized carbons (Fsp3) is 0.250. The Labute approximate surface area is 113 Å². The van der Waals surface area contributed by atoms with E-state index in [2.05, 4.69) is 31.0 Å². The highest BCUT2D eigenvalue weighted by Crippen LogP contribution is 2.16. The van der Waals surface area contributed by atoms with Crippen LogP contribution in [-0.2, 0) is 11.3 Å². The molecule has 0 radical (unpaired) electrons. The van der Waals surface area contributed by atoms with Crippen molar-refractivity contribution in [1.82, 2.24) is 15.0 Å². The van der Waals surface area contributed by atoms with Crippen molar-refractivity contribution >= 4 is 21.9 Å². The Morgan fingerprint density at radius 2 is 2.06 bits per heavy atom. The van der Waals surface area contributed by atoms with Gasteiger partial charge in [-0.1, -0.05) is 35.0 Å². The summed E-state index contributed by atoms with van der Waals surface area (Å²) in [6.45, 7) is 2.58. The van der Waals surface area contributed by atoms with Crippen molar-refractivity contribution < 1.29 is 9.53 Å². The Balaban J connectivity index is 2.22. The molecule has 2 aromatic rings. The third kappa shape index (κ3) is 2.59. The highest BCUT2D eigenvalue weighted by Gasteiger charge is 2.18. The first-order chi connectivity index (χ1) is 8.61. The van der Waals surface area contributed by atoms with Crippen LogP contribution in [-0.4, -0.2) is 28.1 Å². The van der Waals surface area contributed by atoms with Crippen LogP contribution in [0.4, 0.5) is 0 Å². The SMILES string of the molecule is COC(=O)c1nnn(Cc2ccc(C)cc2)c1Br. The van der Waals surface area contributed by atoms with Crippen LogP contribution in [0.5, 0.6) is 0 Å². The molecular formula is C12H12BrN3O2. The number of carbonyl (C=O) groups excluding carboxylic acids is 1. The highest BCUT2D eigenvalue weighted by atomic mass is 79.9. The minimum absolute atomic E-state index is 0.185. The molecule has 2 rings (SSSR count). The molecule has 0 unspecified atom stereocenters. The first-order valence-corrected chi connectivity index (χ1v) is 6.14. The molecule has 94 valence electrons. The van der Waals surface area contributed by atoms with Gasteiger partial charge in [-0.25, -0.2) is 9.48 Å². The molecular weight excluding hydrogens is 298 g/mol. The van der Waals surface area contributed by atoms with E-state index in [1.165, 1.54) is 12.7 Å². The largest absolute Gasteiger partial charge is 0.464 e. The maximum Gasteiger partial charge on any atom is 0.361 e. The van der Waals surface area contributed by atoms with Gasteiger partial charge in [-0.2, -0.15) is 0 Å². The Kier molecular flexibility index (Phi) is 3.76. The smallest absolute Gasteiger partial charge is 0.361 e. The van der Waals surface area contributed by atoms with Crippen molar-refractivity contribution in [2.45, 2.75) is 13.5 Å². The number of nitrogens with zero attached hydrogens (tertiary/aromatic N) is 3. The van der Waals surface area contributed by atoms with Gasteiger partial charge in [-0.05, 0) is 28.4 Å². The molecule has 1 aromatic heterocycles. The van der Waals surface area contributed by atoms with Crippen LogP contribution in [0, 0.1) is 6.92 Å². The summed E-state index contributed by atoms with van der Waals surface area (Å²) >= 11 is 3.30. The average Bonchev–Trinajstić information content (AvgIpc) is 2.73. The number of ether oxygens (including phenoxy) is 1. The topological polar surface area (TPSA) is 57.0 Å². The molecule has 0 saturated carbocycles. The minimum Gasteiger partial charge on any atom is -0.464 e. The van der Waals surface area contributed by atoms with Gasteiger partial charge < -0.3 is 4.74 Å². The summed E-state index contributed by atoms with van der Waals surface area (Å²) in [6, 6.07) is 8.09. The second-order valence-electron chi connectivity index (χ2n) is 3.86. The lowest BCUT2D eigenvalue weighted by atomic mass is 10.1. The number of esters is 1. The van der Waals surface area contributed by atoms with Gasteiger partial charge in [-0.15, -0.1) is 5.10 Å². The summed E-state index contributed by atoms with van der Waals surface area (Å²) in [7, 11) is 1.31. The van der Waals surface area contributed by atoms with Gasteiger partial charge in [0.25, 0.3) is 0 Å². The molecule has 1 heterocycles. The van der Waals surface area contributed by atoms with Crippen molar-refractivity contribution in [3.8, 4) is 0 Å². The summed E-state index contributed by atoms with van der Waals surface area (Å²) in [4.78, 5) is 11.4. The van der Waals surface area contributed by atoms with Crippen molar-refractivity contribution in [2.24, 2.45) is 0 Å². The number of hydrogen-bond acceptors (Lipinski definition) is 4. The maximum absolute atomic E-state index is 11.4. The monoisotopic (exact) mass is 309 g/mol. The Hall–Kier alpha value is -1.69. The molecule has 0 atom stereocenters. The molecule has 0 aliphatic heterocycles. The molecule has 1 aromatic carbocycles. The third-order valence-corrected chi connectivity index (χ3v) is 3.29. The highest BCUT2D eigenvalue weighted by molar-refractivity contribution is 9.10. The number of methoxy groups -OCH3 is 1. The zero-order valence-corrected chi connectivity index (χ0v) is 11.6. The fourth-order valence-corrected chi connectivity index (χ4v) is 1.93. The van der Waals surface area contributed by atoms with Gasteiger partial charge in [0.05, 0.1) is 13.7 Å². The van der Waals surface area contributed by atoms with E-state index in [1.807, 2.05) is 31.2 Å². The van der Waals surface area contributed by atoms with E-state index >= 15 is 0 Å². The van der Waals surface area contributed by atoms with Crippen molar-refractivity contribution in [1.29, 1.82) is 0 Å². The van der Waals surface area contributed by atoms with E-state index in [0.717, 1.165) is 5.56 Å². The lowest BCUT2D eigenvalue weighted by Gasteiger charge is -2.03. The van der Waals surface area contributed by atoms with Gasteiger partial charge in [0, 0.05) is 0 Å². The molecule has 0 amide bonds. The van der Waals surface area contributed by atoms with Crippen LogP contribution < -0.4 is 0 Å². The Morgan fingerprint density at radius 3 is 2.67 bits per heavy atom. The van der Waals surface area contributed by atoms with Crippen molar-refractivity contribution in [2.75, 3.05) is 7.11 Å². The number of benzene rings is 1. The second-order valence-corrected chi connectivity index (χ2v) is 4.61. The fourth-order valence-electron chi connectivity index (χ4n) is 1.49. The van der Waals surface area contributed by atoms with E-state index < -0.39 is 5.97 Å². The van der Waals surface area contributed by atoms with Crippen LogP contribution >= 0.6 is 15.9 Å². The lowest BCUT2D eigenvalue weighted by molar-refractivity contribution is 0.0592. The number of rotatable bonds is 3. The van der Waals surface area contributed by atoms with E-state index in [1.54, 1.807) is 4.68 Å². The molecule has 0 spiro atoms. The van der Waals surface area contributed by atoms with E-state index in [4.69, 9.17) is 0 Å². The minimum atomic E-state index is -0.503. The Morgan fingerprint density at radius 1 is 1.39 bits per heavy atom. The quantitative estimate of drug-likeness (QED) is 0.816. The van der Waals surface area contributed by atoms with Gasteiger partial charge in [0.15, 0.2) is 0 Å². The number of hydrogen-bond donors (Lipinski definition) is 0. The maximum atomic E-state index is 11.4.